The summed E-state index contributed by atoms with van der Waals surface area (Å²) in [6.07, 6.45) is 1.24. The van der Waals surface area contributed by atoms with Gasteiger partial charge in [-0.05, 0) is 19.8 Å². The van der Waals surface area contributed by atoms with Crippen LogP contribution in [0, 0.1) is 17.8 Å². The Labute approximate surface area is 112 Å². The van der Waals surface area contributed by atoms with Crippen LogP contribution in [0.5, 0.6) is 0 Å². The van der Waals surface area contributed by atoms with Gasteiger partial charge in [-0.2, -0.15) is 0 Å². The average molecular weight is 268 g/mol. The van der Waals surface area contributed by atoms with Crippen LogP contribution in [0.25, 0.3) is 0 Å². The number of fused-ring (bicyclic) bond motifs is 2. The summed E-state index contributed by atoms with van der Waals surface area (Å²) in [5.74, 6) is -1.80. The van der Waals surface area contributed by atoms with Gasteiger partial charge in [-0.1, -0.05) is 13.8 Å². The molecule has 2 aliphatic rings. The highest BCUT2D eigenvalue weighted by Crippen LogP contribution is 2.36. The van der Waals surface area contributed by atoms with Crippen LogP contribution in [-0.4, -0.2) is 29.9 Å². The Bertz CT molecular complexity index is 401. The van der Waals surface area contributed by atoms with E-state index in [2.05, 4.69) is 0 Å². The Kier molecular flexibility index (Phi) is 3.92. The lowest BCUT2D eigenvalue weighted by molar-refractivity contribution is -0.166. The number of ether oxygens (including phenoxy) is 2. The second-order valence-electron chi connectivity index (χ2n) is 5.74. The maximum atomic E-state index is 11.9. The van der Waals surface area contributed by atoms with E-state index in [1.807, 2.05) is 0 Å². The first-order valence-electron chi connectivity index (χ1n) is 6.85. The predicted molar refractivity (Wildman–Crippen MR) is 66.1 cm³/mol. The van der Waals surface area contributed by atoms with Crippen molar-refractivity contribution >= 4 is 17.7 Å². The van der Waals surface area contributed by atoms with Crippen LogP contribution in [0.1, 0.15) is 40.0 Å². The zero-order chi connectivity index (χ0) is 14.2. The van der Waals surface area contributed by atoms with Crippen molar-refractivity contribution in [1.82, 2.24) is 0 Å². The molecular formula is C14H20O5. The van der Waals surface area contributed by atoms with E-state index in [0.717, 1.165) is 0 Å². The van der Waals surface area contributed by atoms with E-state index in [-0.39, 0.29) is 29.7 Å². The molecule has 1 aliphatic heterocycles. The summed E-state index contributed by atoms with van der Waals surface area (Å²) >= 11 is 0. The van der Waals surface area contributed by atoms with Crippen molar-refractivity contribution in [2.24, 2.45) is 17.8 Å². The van der Waals surface area contributed by atoms with Crippen molar-refractivity contribution in [2.45, 2.75) is 52.2 Å². The summed E-state index contributed by atoms with van der Waals surface area (Å²) in [4.78, 5) is 35.1. The molecule has 0 spiro atoms. The highest BCUT2D eigenvalue weighted by molar-refractivity contribution is 5.99. The van der Waals surface area contributed by atoms with Crippen LogP contribution in [0.3, 0.4) is 0 Å². The molecule has 0 aromatic rings. The smallest absolute Gasteiger partial charge is 0.316 e. The largest absolute Gasteiger partial charge is 0.458 e. The van der Waals surface area contributed by atoms with Gasteiger partial charge < -0.3 is 9.47 Å². The molecule has 2 rings (SSSR count). The number of rotatable bonds is 4. The highest BCUT2D eigenvalue weighted by Gasteiger charge is 2.45. The molecule has 1 heterocycles. The third kappa shape index (κ3) is 2.80. The molecule has 5 nitrogen and oxygen atoms in total. The van der Waals surface area contributed by atoms with E-state index in [9.17, 15) is 14.4 Å². The van der Waals surface area contributed by atoms with Crippen molar-refractivity contribution in [2.75, 3.05) is 0 Å². The standard InChI is InChI=1S/C14H20O5/c1-7(2)12(15)8(3)13(16)18-10-5-4-9-6-11(10)19-14(9)17/h7-11H,4-6H2,1-3H3. The predicted octanol–water partition coefficient (Wildman–Crippen LogP) is 1.48. The Hall–Kier alpha value is -1.39. The molecule has 1 saturated heterocycles. The lowest BCUT2D eigenvalue weighted by atomic mass is 9.88. The lowest BCUT2D eigenvalue weighted by Gasteiger charge is -2.26. The Morgan fingerprint density at radius 2 is 1.95 bits per heavy atom. The SMILES string of the molecule is CC(C)C(=O)C(C)C(=O)OC1CCC2CC1OC2=O. The molecule has 4 atom stereocenters. The van der Waals surface area contributed by atoms with Crippen molar-refractivity contribution in [3.8, 4) is 0 Å². The molecule has 106 valence electrons. The third-order valence-electron chi connectivity index (χ3n) is 3.95. The molecule has 2 fully saturated rings. The number of hydrogen-bond acceptors (Lipinski definition) is 5. The first kappa shape index (κ1) is 14.0. The molecule has 0 amide bonds. The summed E-state index contributed by atoms with van der Waals surface area (Å²) in [5.41, 5.74) is 0. The molecular weight excluding hydrogens is 248 g/mol. The fourth-order valence-electron chi connectivity index (χ4n) is 2.69. The summed E-state index contributed by atoms with van der Waals surface area (Å²) in [6, 6.07) is 0. The van der Waals surface area contributed by atoms with Gasteiger partial charge in [-0.25, -0.2) is 0 Å². The van der Waals surface area contributed by atoms with E-state index in [4.69, 9.17) is 9.47 Å². The lowest BCUT2D eigenvalue weighted by Crippen LogP contribution is -2.37. The van der Waals surface area contributed by atoms with E-state index in [1.165, 1.54) is 0 Å². The zero-order valence-corrected chi connectivity index (χ0v) is 11.5. The quantitative estimate of drug-likeness (QED) is 0.570. The van der Waals surface area contributed by atoms with E-state index in [1.54, 1.807) is 20.8 Å². The van der Waals surface area contributed by atoms with Crippen molar-refractivity contribution in [3.05, 3.63) is 0 Å². The van der Waals surface area contributed by atoms with Gasteiger partial charge in [0.15, 0.2) is 0 Å². The Morgan fingerprint density at radius 3 is 2.58 bits per heavy atom. The van der Waals surface area contributed by atoms with Gasteiger partial charge in [0.25, 0.3) is 0 Å². The van der Waals surface area contributed by atoms with Crippen LogP contribution < -0.4 is 0 Å². The van der Waals surface area contributed by atoms with Crippen LogP contribution in [-0.2, 0) is 23.9 Å². The van der Waals surface area contributed by atoms with Gasteiger partial charge in [0.05, 0.1) is 5.92 Å². The highest BCUT2D eigenvalue weighted by atomic mass is 16.6. The van der Waals surface area contributed by atoms with Crippen molar-refractivity contribution in [3.63, 3.8) is 0 Å². The monoisotopic (exact) mass is 268 g/mol. The molecule has 1 aliphatic carbocycles. The third-order valence-corrected chi connectivity index (χ3v) is 3.95. The van der Waals surface area contributed by atoms with Gasteiger partial charge in [-0.3, -0.25) is 14.4 Å². The number of esters is 2. The minimum absolute atomic E-state index is 0.0327. The van der Waals surface area contributed by atoms with Crippen LogP contribution >= 0.6 is 0 Å². The molecule has 0 aromatic carbocycles. The maximum Gasteiger partial charge on any atom is 0.316 e. The van der Waals surface area contributed by atoms with E-state index in [0.29, 0.717) is 19.3 Å². The first-order chi connectivity index (χ1) is 8.90. The fourth-order valence-corrected chi connectivity index (χ4v) is 2.69. The average Bonchev–Trinajstić information content (AvgIpc) is 2.67. The minimum atomic E-state index is -0.755. The molecule has 0 aromatic heterocycles. The topological polar surface area (TPSA) is 69.7 Å². The number of ketones is 1. The zero-order valence-electron chi connectivity index (χ0n) is 11.5. The second-order valence-corrected chi connectivity index (χ2v) is 5.74. The summed E-state index contributed by atoms with van der Waals surface area (Å²) in [7, 11) is 0. The molecule has 0 N–H and O–H groups in total. The summed E-state index contributed by atoms with van der Waals surface area (Å²) in [6.45, 7) is 5.09. The van der Waals surface area contributed by atoms with Crippen molar-refractivity contribution in [1.29, 1.82) is 0 Å². The van der Waals surface area contributed by atoms with Gasteiger partial charge in [0.1, 0.15) is 23.9 Å². The summed E-state index contributed by atoms with van der Waals surface area (Å²) < 4.78 is 10.6. The van der Waals surface area contributed by atoms with Gasteiger partial charge in [0.2, 0.25) is 0 Å². The number of carbonyl (C=O) groups excluding carboxylic acids is 3. The van der Waals surface area contributed by atoms with E-state index >= 15 is 0 Å². The van der Waals surface area contributed by atoms with Crippen LogP contribution in [0.4, 0.5) is 0 Å². The number of Topliss-reactive ketones (excluding diaryl/α,β-unsaturated/α-hetero) is 1. The molecule has 1 saturated carbocycles. The van der Waals surface area contributed by atoms with E-state index < -0.39 is 18.0 Å². The second kappa shape index (κ2) is 5.31. The Balaban J connectivity index is 1.93. The van der Waals surface area contributed by atoms with Gasteiger partial charge >= 0.3 is 11.9 Å². The van der Waals surface area contributed by atoms with Gasteiger partial charge in [0, 0.05) is 12.3 Å². The molecule has 2 bridgehead atoms. The maximum absolute atomic E-state index is 11.9. The molecule has 19 heavy (non-hydrogen) atoms. The number of hydrogen-bond donors (Lipinski definition) is 0. The molecule has 0 radical (unpaired) electrons. The normalized spacial score (nSPS) is 30.9. The molecule has 5 heteroatoms. The van der Waals surface area contributed by atoms with Gasteiger partial charge in [-0.15, -0.1) is 0 Å². The first-order valence-corrected chi connectivity index (χ1v) is 6.85. The van der Waals surface area contributed by atoms with Crippen molar-refractivity contribution < 1.29 is 23.9 Å². The number of carbonyl (C=O) groups is 3. The minimum Gasteiger partial charge on any atom is -0.458 e. The van der Waals surface area contributed by atoms with Crippen LogP contribution in [0.2, 0.25) is 0 Å². The molecule has 4 unspecified atom stereocenters. The summed E-state index contributed by atoms with van der Waals surface area (Å²) in [5, 5.41) is 0. The van der Waals surface area contributed by atoms with Crippen LogP contribution in [0.15, 0.2) is 0 Å². The Morgan fingerprint density at radius 1 is 1.26 bits per heavy atom. The fraction of sp³-hybridized carbons (Fsp3) is 0.786.